The SMILES string of the molecule is CC1C=CC=C(c2nnc(-c3ccccc3)n2-c2cccc3ccccc23)C1. The van der Waals surface area contributed by atoms with Crippen LogP contribution in [0, 0.1) is 5.92 Å². The van der Waals surface area contributed by atoms with Crippen molar-refractivity contribution in [2.24, 2.45) is 5.92 Å². The third-order valence-corrected chi connectivity index (χ3v) is 5.27. The fourth-order valence-corrected chi connectivity index (χ4v) is 3.91. The monoisotopic (exact) mass is 363 g/mol. The maximum Gasteiger partial charge on any atom is 0.168 e. The van der Waals surface area contributed by atoms with Crippen molar-refractivity contribution in [3.8, 4) is 17.1 Å². The van der Waals surface area contributed by atoms with Crippen LogP contribution in [0.1, 0.15) is 19.2 Å². The number of nitrogens with zero attached hydrogens (tertiary/aromatic N) is 3. The molecule has 4 aromatic rings. The quantitative estimate of drug-likeness (QED) is 0.442. The van der Waals surface area contributed by atoms with Crippen molar-refractivity contribution in [1.82, 2.24) is 14.8 Å². The second-order valence-corrected chi connectivity index (χ2v) is 7.31. The fourth-order valence-electron chi connectivity index (χ4n) is 3.91. The molecule has 0 aliphatic heterocycles. The zero-order valence-corrected chi connectivity index (χ0v) is 15.8. The molecule has 0 fully saturated rings. The lowest BCUT2D eigenvalue weighted by atomic mass is 9.95. The Balaban J connectivity index is 1.80. The summed E-state index contributed by atoms with van der Waals surface area (Å²) in [7, 11) is 0. The molecule has 5 rings (SSSR count). The van der Waals surface area contributed by atoms with Gasteiger partial charge in [0.25, 0.3) is 0 Å². The largest absolute Gasteiger partial charge is 0.275 e. The van der Waals surface area contributed by atoms with Crippen LogP contribution in [0.4, 0.5) is 0 Å². The Bertz CT molecular complexity index is 1190. The molecule has 3 heteroatoms. The Labute approximate surface area is 164 Å². The summed E-state index contributed by atoms with van der Waals surface area (Å²) in [6.07, 6.45) is 7.50. The standard InChI is InChI=1S/C25H21N3/c1-18-9-7-14-21(17-18)25-27-26-24(20-11-3-2-4-12-20)28(25)23-16-8-13-19-10-5-6-15-22(19)23/h2-16,18H,17H2,1H3. The maximum absolute atomic E-state index is 4.64. The van der Waals surface area contributed by atoms with Crippen molar-refractivity contribution in [2.45, 2.75) is 13.3 Å². The van der Waals surface area contributed by atoms with E-state index in [-0.39, 0.29) is 0 Å². The molecule has 0 amide bonds. The Kier molecular flexibility index (Phi) is 4.13. The summed E-state index contributed by atoms with van der Waals surface area (Å²) < 4.78 is 2.22. The molecule has 3 aromatic carbocycles. The van der Waals surface area contributed by atoms with Gasteiger partial charge in [-0.2, -0.15) is 0 Å². The van der Waals surface area contributed by atoms with Crippen molar-refractivity contribution >= 4 is 16.3 Å². The topological polar surface area (TPSA) is 30.7 Å². The molecule has 0 radical (unpaired) electrons. The summed E-state index contributed by atoms with van der Waals surface area (Å²) in [6.45, 7) is 2.24. The number of fused-ring (bicyclic) bond motifs is 1. The van der Waals surface area contributed by atoms with Crippen LogP contribution in [0.25, 0.3) is 33.4 Å². The molecule has 0 N–H and O–H groups in total. The number of hydrogen-bond acceptors (Lipinski definition) is 2. The summed E-state index contributed by atoms with van der Waals surface area (Å²) in [4.78, 5) is 0. The minimum absolute atomic E-state index is 0.498. The van der Waals surface area contributed by atoms with Crippen LogP contribution in [0.3, 0.4) is 0 Å². The van der Waals surface area contributed by atoms with Crippen LogP contribution in [0.2, 0.25) is 0 Å². The number of allylic oxidation sites excluding steroid dienone is 4. The third-order valence-electron chi connectivity index (χ3n) is 5.27. The normalized spacial score (nSPS) is 16.3. The van der Waals surface area contributed by atoms with Crippen molar-refractivity contribution in [3.05, 3.63) is 96.8 Å². The predicted octanol–water partition coefficient (Wildman–Crippen LogP) is 6.07. The Hall–Kier alpha value is -3.46. The lowest BCUT2D eigenvalue weighted by molar-refractivity contribution is 0.741. The van der Waals surface area contributed by atoms with Crippen molar-refractivity contribution in [1.29, 1.82) is 0 Å². The first-order valence-electron chi connectivity index (χ1n) is 9.68. The predicted molar refractivity (Wildman–Crippen MR) is 115 cm³/mol. The summed E-state index contributed by atoms with van der Waals surface area (Å²) in [5.41, 5.74) is 3.40. The molecule has 136 valence electrons. The lowest BCUT2D eigenvalue weighted by Crippen LogP contribution is -2.06. The van der Waals surface area contributed by atoms with Gasteiger partial charge >= 0.3 is 0 Å². The molecule has 0 saturated heterocycles. The molecule has 1 aliphatic carbocycles. The van der Waals surface area contributed by atoms with Crippen molar-refractivity contribution in [3.63, 3.8) is 0 Å². The van der Waals surface area contributed by atoms with E-state index in [1.807, 2.05) is 18.2 Å². The van der Waals surface area contributed by atoms with E-state index in [4.69, 9.17) is 0 Å². The third kappa shape index (κ3) is 2.85. The van der Waals surface area contributed by atoms with Crippen LogP contribution >= 0.6 is 0 Å². The molecule has 3 nitrogen and oxygen atoms in total. The van der Waals surface area contributed by atoms with E-state index < -0.39 is 0 Å². The van der Waals surface area contributed by atoms with Crippen LogP contribution in [0.5, 0.6) is 0 Å². The van der Waals surface area contributed by atoms with Gasteiger partial charge in [0.05, 0.1) is 5.69 Å². The summed E-state index contributed by atoms with van der Waals surface area (Å²) >= 11 is 0. The van der Waals surface area contributed by atoms with Crippen molar-refractivity contribution in [2.75, 3.05) is 0 Å². The molecule has 0 saturated carbocycles. The second-order valence-electron chi connectivity index (χ2n) is 7.31. The minimum Gasteiger partial charge on any atom is -0.275 e. The fraction of sp³-hybridized carbons (Fsp3) is 0.120. The Morgan fingerprint density at radius 2 is 1.57 bits per heavy atom. The molecule has 28 heavy (non-hydrogen) atoms. The van der Waals surface area contributed by atoms with Crippen LogP contribution in [-0.2, 0) is 0 Å². The number of hydrogen-bond donors (Lipinski definition) is 0. The zero-order chi connectivity index (χ0) is 18.9. The van der Waals surface area contributed by atoms with E-state index in [0.29, 0.717) is 5.92 Å². The first-order valence-corrected chi connectivity index (χ1v) is 9.68. The number of benzene rings is 3. The number of rotatable bonds is 3. The molecular formula is C25H21N3. The highest BCUT2D eigenvalue weighted by Crippen LogP contribution is 2.33. The summed E-state index contributed by atoms with van der Waals surface area (Å²) in [5, 5.41) is 11.7. The van der Waals surface area contributed by atoms with Gasteiger partial charge < -0.3 is 0 Å². The van der Waals surface area contributed by atoms with Gasteiger partial charge in [0.15, 0.2) is 11.6 Å². The smallest absolute Gasteiger partial charge is 0.168 e. The van der Waals surface area contributed by atoms with Gasteiger partial charge in [-0.15, -0.1) is 10.2 Å². The molecule has 1 aromatic heterocycles. The maximum atomic E-state index is 4.64. The van der Waals surface area contributed by atoms with Gasteiger partial charge in [-0.25, -0.2) is 0 Å². The second kappa shape index (κ2) is 6.93. The number of aromatic nitrogens is 3. The molecule has 0 bridgehead atoms. The molecular weight excluding hydrogens is 342 g/mol. The summed E-state index contributed by atoms with van der Waals surface area (Å²) in [5.74, 6) is 2.29. The van der Waals surface area contributed by atoms with E-state index in [1.54, 1.807) is 0 Å². The highest BCUT2D eigenvalue weighted by atomic mass is 15.3. The van der Waals surface area contributed by atoms with Gasteiger partial charge in [0, 0.05) is 10.9 Å². The Morgan fingerprint density at radius 1 is 0.821 bits per heavy atom. The van der Waals surface area contributed by atoms with Crippen LogP contribution in [-0.4, -0.2) is 14.8 Å². The van der Waals surface area contributed by atoms with E-state index in [1.165, 1.54) is 16.3 Å². The summed E-state index contributed by atoms with van der Waals surface area (Å²) in [6, 6.07) is 25.2. The molecule has 1 heterocycles. The molecule has 1 unspecified atom stereocenters. The first kappa shape index (κ1) is 16.7. The molecule has 1 atom stereocenters. The average molecular weight is 363 g/mol. The minimum atomic E-state index is 0.498. The Morgan fingerprint density at radius 3 is 2.43 bits per heavy atom. The van der Waals surface area contributed by atoms with Gasteiger partial charge in [0.2, 0.25) is 0 Å². The van der Waals surface area contributed by atoms with Crippen molar-refractivity contribution < 1.29 is 0 Å². The first-order chi connectivity index (χ1) is 13.8. The van der Waals surface area contributed by atoms with Gasteiger partial charge in [-0.3, -0.25) is 4.57 Å². The van der Waals surface area contributed by atoms with E-state index >= 15 is 0 Å². The lowest BCUT2D eigenvalue weighted by Gasteiger charge is -2.17. The molecule has 0 spiro atoms. The van der Waals surface area contributed by atoms with E-state index in [0.717, 1.165) is 29.3 Å². The van der Waals surface area contributed by atoms with Gasteiger partial charge in [-0.05, 0) is 29.4 Å². The highest BCUT2D eigenvalue weighted by molar-refractivity contribution is 5.91. The zero-order valence-electron chi connectivity index (χ0n) is 15.8. The average Bonchev–Trinajstić information content (AvgIpc) is 3.19. The van der Waals surface area contributed by atoms with Gasteiger partial charge in [0.1, 0.15) is 0 Å². The van der Waals surface area contributed by atoms with Crippen LogP contribution < -0.4 is 0 Å². The highest BCUT2D eigenvalue weighted by Gasteiger charge is 2.21. The van der Waals surface area contributed by atoms with Gasteiger partial charge in [-0.1, -0.05) is 91.9 Å². The molecule has 1 aliphatic rings. The van der Waals surface area contributed by atoms with E-state index in [9.17, 15) is 0 Å². The van der Waals surface area contributed by atoms with Crippen LogP contribution in [0.15, 0.2) is 91.0 Å². The van der Waals surface area contributed by atoms with E-state index in [2.05, 4.69) is 94.5 Å².